The van der Waals surface area contributed by atoms with Crippen LogP contribution in [0, 0.1) is 20.8 Å². The second-order valence-corrected chi connectivity index (χ2v) is 6.86. The van der Waals surface area contributed by atoms with E-state index >= 15 is 0 Å². The highest BCUT2D eigenvalue weighted by Crippen LogP contribution is 2.24. The summed E-state index contributed by atoms with van der Waals surface area (Å²) in [6.45, 7) is 10.1. The number of benzene rings is 2. The van der Waals surface area contributed by atoms with Gasteiger partial charge in [-0.05, 0) is 81.6 Å². The van der Waals surface area contributed by atoms with Crippen LogP contribution in [0.1, 0.15) is 30.5 Å². The molecule has 5 heteroatoms. The molecule has 0 radical (unpaired) electrons. The summed E-state index contributed by atoms with van der Waals surface area (Å²) in [7, 11) is 1.62. The van der Waals surface area contributed by atoms with Crippen molar-refractivity contribution in [3.63, 3.8) is 0 Å². The molecule has 2 aromatic carbocycles. The lowest BCUT2D eigenvalue weighted by atomic mass is 10.1. The number of ether oxygens (including phenoxy) is 3. The van der Waals surface area contributed by atoms with Crippen LogP contribution in [0.3, 0.4) is 0 Å². The maximum absolute atomic E-state index is 12.4. The summed E-state index contributed by atoms with van der Waals surface area (Å²) in [5.74, 6) is 2.08. The quantitative estimate of drug-likeness (QED) is 0.763. The fourth-order valence-electron chi connectivity index (χ4n) is 2.66. The van der Waals surface area contributed by atoms with Crippen LogP contribution in [0.25, 0.3) is 0 Å². The van der Waals surface area contributed by atoms with Crippen molar-refractivity contribution in [3.05, 3.63) is 53.1 Å². The smallest absolute Gasteiger partial charge is 0.261 e. The van der Waals surface area contributed by atoms with E-state index in [9.17, 15) is 4.79 Å². The Labute approximate surface area is 161 Å². The zero-order chi connectivity index (χ0) is 20.0. The molecule has 2 atom stereocenters. The van der Waals surface area contributed by atoms with Gasteiger partial charge in [0.25, 0.3) is 5.91 Å². The number of carbonyl (C=O) groups is 1. The molecule has 2 rings (SSSR count). The minimum absolute atomic E-state index is 0.147. The first-order chi connectivity index (χ1) is 12.8. The molecule has 0 spiro atoms. The number of carbonyl (C=O) groups excluding carboxylic acids is 1. The van der Waals surface area contributed by atoms with Crippen LogP contribution in [0.15, 0.2) is 36.4 Å². The van der Waals surface area contributed by atoms with Crippen molar-refractivity contribution in [2.24, 2.45) is 0 Å². The molecule has 146 valence electrons. The van der Waals surface area contributed by atoms with E-state index in [0.717, 1.165) is 33.9 Å². The summed E-state index contributed by atoms with van der Waals surface area (Å²) in [6, 6.07) is 11.3. The molecule has 1 amide bonds. The van der Waals surface area contributed by atoms with Crippen molar-refractivity contribution in [2.75, 3.05) is 13.7 Å². The maximum Gasteiger partial charge on any atom is 0.261 e. The third-order valence-electron chi connectivity index (χ3n) is 4.39. The van der Waals surface area contributed by atoms with Crippen molar-refractivity contribution in [3.8, 4) is 17.2 Å². The Morgan fingerprint density at radius 2 is 1.67 bits per heavy atom. The first-order valence-electron chi connectivity index (χ1n) is 9.12. The molecule has 2 aromatic rings. The lowest BCUT2D eigenvalue weighted by molar-refractivity contribution is -0.128. The number of amides is 1. The molecule has 0 heterocycles. The van der Waals surface area contributed by atoms with E-state index < -0.39 is 6.10 Å². The Bertz CT molecular complexity index is 771. The molecule has 0 aromatic heterocycles. The Hall–Kier alpha value is -2.69. The van der Waals surface area contributed by atoms with E-state index in [1.165, 1.54) is 0 Å². The average Bonchev–Trinajstić information content (AvgIpc) is 2.64. The number of hydrogen-bond acceptors (Lipinski definition) is 4. The van der Waals surface area contributed by atoms with Gasteiger partial charge in [0.2, 0.25) is 0 Å². The van der Waals surface area contributed by atoms with Gasteiger partial charge in [-0.2, -0.15) is 0 Å². The standard InChI is InChI=1S/C22H29NO4/c1-14-11-15(2)17(4)21(12-14)27-18(5)22(24)23-16(3)13-26-20-9-7-19(25-6)8-10-20/h7-12,16,18H,13H2,1-6H3,(H,23,24)/t16-,18-/m0/s1. The molecule has 0 aliphatic heterocycles. The second-order valence-electron chi connectivity index (χ2n) is 6.86. The molecule has 0 unspecified atom stereocenters. The van der Waals surface area contributed by atoms with Gasteiger partial charge in [0.05, 0.1) is 13.2 Å². The zero-order valence-electron chi connectivity index (χ0n) is 17.0. The summed E-state index contributed by atoms with van der Waals surface area (Å²) in [5, 5.41) is 2.93. The summed E-state index contributed by atoms with van der Waals surface area (Å²) >= 11 is 0. The van der Waals surface area contributed by atoms with Crippen molar-refractivity contribution >= 4 is 5.91 Å². The lowest BCUT2D eigenvalue weighted by Crippen LogP contribution is -2.43. The predicted octanol–water partition coefficient (Wildman–Crippen LogP) is 3.97. The van der Waals surface area contributed by atoms with Crippen LogP contribution in [0.2, 0.25) is 0 Å². The molecule has 0 fully saturated rings. The number of nitrogens with one attached hydrogen (secondary N) is 1. The third kappa shape index (κ3) is 5.91. The largest absolute Gasteiger partial charge is 0.497 e. The first-order valence-corrected chi connectivity index (χ1v) is 9.12. The van der Waals surface area contributed by atoms with Crippen LogP contribution in [-0.2, 0) is 4.79 Å². The summed E-state index contributed by atoms with van der Waals surface area (Å²) in [6.07, 6.45) is -0.590. The zero-order valence-corrected chi connectivity index (χ0v) is 17.0. The fourth-order valence-corrected chi connectivity index (χ4v) is 2.66. The van der Waals surface area contributed by atoms with Gasteiger partial charge in [0.1, 0.15) is 23.9 Å². The molecule has 0 saturated heterocycles. The normalized spacial score (nSPS) is 12.8. The lowest BCUT2D eigenvalue weighted by Gasteiger charge is -2.20. The SMILES string of the molecule is COc1ccc(OC[C@H](C)NC(=O)[C@H](C)Oc2cc(C)cc(C)c2C)cc1. The highest BCUT2D eigenvalue weighted by atomic mass is 16.5. The van der Waals surface area contributed by atoms with Gasteiger partial charge in [-0.15, -0.1) is 0 Å². The molecule has 0 bridgehead atoms. The van der Waals surface area contributed by atoms with Gasteiger partial charge in [-0.3, -0.25) is 4.79 Å². The number of hydrogen-bond donors (Lipinski definition) is 1. The molecule has 5 nitrogen and oxygen atoms in total. The van der Waals surface area contributed by atoms with Crippen LogP contribution in [-0.4, -0.2) is 31.8 Å². The Kier molecular flexibility index (Phi) is 7.11. The van der Waals surface area contributed by atoms with Crippen molar-refractivity contribution in [1.29, 1.82) is 0 Å². The monoisotopic (exact) mass is 371 g/mol. The maximum atomic E-state index is 12.4. The topological polar surface area (TPSA) is 56.8 Å². The number of rotatable bonds is 8. The first kappa shape index (κ1) is 20.6. The minimum atomic E-state index is -0.590. The highest BCUT2D eigenvalue weighted by Gasteiger charge is 2.18. The summed E-state index contributed by atoms with van der Waals surface area (Å²) in [4.78, 5) is 12.4. The van der Waals surface area contributed by atoms with E-state index in [0.29, 0.717) is 6.61 Å². The average molecular weight is 371 g/mol. The summed E-state index contributed by atoms with van der Waals surface area (Å²) in [5.41, 5.74) is 3.32. The van der Waals surface area contributed by atoms with Gasteiger partial charge in [0.15, 0.2) is 6.10 Å². The van der Waals surface area contributed by atoms with Crippen molar-refractivity contribution < 1.29 is 19.0 Å². The fraction of sp³-hybridized carbons (Fsp3) is 0.409. The van der Waals surface area contributed by atoms with E-state index in [2.05, 4.69) is 11.4 Å². The number of methoxy groups -OCH3 is 1. The Morgan fingerprint density at radius 1 is 1.04 bits per heavy atom. The molecule has 0 aliphatic rings. The molecular formula is C22H29NO4. The Balaban J connectivity index is 1.86. The van der Waals surface area contributed by atoms with Crippen molar-refractivity contribution in [2.45, 2.75) is 46.8 Å². The predicted molar refractivity (Wildman–Crippen MR) is 107 cm³/mol. The van der Waals surface area contributed by atoms with Crippen molar-refractivity contribution in [1.82, 2.24) is 5.32 Å². The second kappa shape index (κ2) is 9.31. The van der Waals surface area contributed by atoms with Crippen LogP contribution in [0.5, 0.6) is 17.2 Å². The van der Waals surface area contributed by atoms with Crippen LogP contribution < -0.4 is 19.5 Å². The number of aryl methyl sites for hydroxylation is 2. The molecule has 1 N–H and O–H groups in total. The summed E-state index contributed by atoms with van der Waals surface area (Å²) < 4.78 is 16.7. The van der Waals surface area contributed by atoms with Gasteiger partial charge in [0, 0.05) is 0 Å². The van der Waals surface area contributed by atoms with Gasteiger partial charge >= 0.3 is 0 Å². The Morgan fingerprint density at radius 3 is 2.30 bits per heavy atom. The van der Waals surface area contributed by atoms with E-state index in [4.69, 9.17) is 14.2 Å². The van der Waals surface area contributed by atoms with E-state index in [1.54, 1.807) is 14.0 Å². The van der Waals surface area contributed by atoms with Gasteiger partial charge < -0.3 is 19.5 Å². The molecule has 27 heavy (non-hydrogen) atoms. The molecule has 0 aliphatic carbocycles. The van der Waals surface area contributed by atoms with Crippen LogP contribution >= 0.6 is 0 Å². The molecule has 0 saturated carbocycles. The molecular weight excluding hydrogens is 342 g/mol. The third-order valence-corrected chi connectivity index (χ3v) is 4.39. The minimum Gasteiger partial charge on any atom is -0.497 e. The van der Waals surface area contributed by atoms with Crippen LogP contribution in [0.4, 0.5) is 0 Å². The van der Waals surface area contributed by atoms with Gasteiger partial charge in [-0.1, -0.05) is 6.07 Å². The van der Waals surface area contributed by atoms with E-state index in [1.807, 2.05) is 58.0 Å². The van der Waals surface area contributed by atoms with Gasteiger partial charge in [-0.25, -0.2) is 0 Å². The van der Waals surface area contributed by atoms with E-state index in [-0.39, 0.29) is 11.9 Å². The highest BCUT2D eigenvalue weighted by molar-refractivity contribution is 5.81.